The molecular weight excluding hydrogens is 538 g/mol. The van der Waals surface area contributed by atoms with Crippen molar-refractivity contribution in [3.05, 3.63) is 61.3 Å². The summed E-state index contributed by atoms with van der Waals surface area (Å²) in [4.78, 5) is 45.0. The van der Waals surface area contributed by atoms with E-state index < -0.39 is 0 Å². The number of methoxy groups -OCH3 is 1. The number of likely N-dealkylation sites (N-methyl/N-ethyl adjacent to an activating group) is 1. The lowest BCUT2D eigenvalue weighted by Crippen LogP contribution is -2.27. The number of hydrogen-bond donors (Lipinski definition) is 0. The van der Waals surface area contributed by atoms with Gasteiger partial charge in [-0.15, -0.1) is 0 Å². The highest BCUT2D eigenvalue weighted by Gasteiger charge is 2.05. The molecule has 0 atom stereocenters. The van der Waals surface area contributed by atoms with Crippen molar-refractivity contribution >= 4 is 23.9 Å². The van der Waals surface area contributed by atoms with E-state index in [9.17, 15) is 19.2 Å². The van der Waals surface area contributed by atoms with Gasteiger partial charge in [0, 0.05) is 28.8 Å². The summed E-state index contributed by atoms with van der Waals surface area (Å²) >= 11 is 0. The van der Waals surface area contributed by atoms with Gasteiger partial charge >= 0.3 is 23.9 Å². The average Bonchev–Trinajstić information content (AvgIpc) is 2.97. The molecule has 0 bridgehead atoms. The van der Waals surface area contributed by atoms with Crippen LogP contribution in [0.5, 0.6) is 0 Å². The first-order chi connectivity index (χ1) is 19.7. The summed E-state index contributed by atoms with van der Waals surface area (Å²) in [6, 6.07) is 0. The molecule has 242 valence electrons. The van der Waals surface area contributed by atoms with E-state index in [2.05, 4.69) is 68.0 Å². The fraction of sp³-hybridized carbons (Fsp3) is 0.576. The molecule has 0 aliphatic rings. The lowest BCUT2D eigenvalue weighted by atomic mass is 10.2. The highest BCUT2D eigenvalue weighted by atomic mass is 16.5. The first kappa shape index (κ1) is 45.5. The summed E-state index contributed by atoms with van der Waals surface area (Å²) in [5, 5.41) is 0. The molecule has 0 unspecified atom stereocenters. The van der Waals surface area contributed by atoms with Crippen LogP contribution in [0.3, 0.4) is 0 Å². The van der Waals surface area contributed by atoms with E-state index in [4.69, 9.17) is 9.47 Å². The molecule has 0 aromatic carbocycles. The predicted octanol–water partition coefficient (Wildman–Crippen LogP) is 6.55. The number of nitrogens with zero attached hydrogens (tertiary/aromatic N) is 1. The van der Waals surface area contributed by atoms with E-state index in [1.165, 1.54) is 26.0 Å². The number of esters is 4. The second-order valence-corrected chi connectivity index (χ2v) is 9.04. The molecule has 0 fully saturated rings. The fourth-order valence-corrected chi connectivity index (χ4v) is 2.30. The Morgan fingerprint density at radius 2 is 1.14 bits per heavy atom. The zero-order valence-corrected chi connectivity index (χ0v) is 27.6. The van der Waals surface area contributed by atoms with Gasteiger partial charge in [-0.05, 0) is 46.7 Å². The molecule has 42 heavy (non-hydrogen) atoms. The summed E-state index contributed by atoms with van der Waals surface area (Å²) in [5.41, 5.74) is 1.87. The first-order valence-corrected chi connectivity index (χ1v) is 14.3. The Bertz CT molecular complexity index is 841. The van der Waals surface area contributed by atoms with Crippen molar-refractivity contribution in [2.45, 2.75) is 80.6 Å². The molecule has 0 rings (SSSR count). The van der Waals surface area contributed by atoms with Crippen LogP contribution in [-0.2, 0) is 38.1 Å². The Morgan fingerprint density at radius 1 is 0.667 bits per heavy atom. The van der Waals surface area contributed by atoms with Crippen molar-refractivity contribution in [1.82, 2.24) is 4.90 Å². The zero-order valence-electron chi connectivity index (χ0n) is 27.6. The van der Waals surface area contributed by atoms with Crippen LogP contribution in [0.2, 0.25) is 0 Å². The van der Waals surface area contributed by atoms with Gasteiger partial charge in [-0.1, -0.05) is 85.9 Å². The van der Waals surface area contributed by atoms with Gasteiger partial charge in [0.05, 0.1) is 13.7 Å². The third-order valence-electron chi connectivity index (χ3n) is 5.04. The van der Waals surface area contributed by atoms with E-state index in [1.807, 2.05) is 6.92 Å². The van der Waals surface area contributed by atoms with Crippen molar-refractivity contribution in [2.24, 2.45) is 0 Å². The highest BCUT2D eigenvalue weighted by Crippen LogP contribution is 2.03. The highest BCUT2D eigenvalue weighted by molar-refractivity contribution is 5.88. The van der Waals surface area contributed by atoms with Gasteiger partial charge in [0.15, 0.2) is 0 Å². The summed E-state index contributed by atoms with van der Waals surface area (Å²) in [6.07, 6.45) is 6.72. The van der Waals surface area contributed by atoms with E-state index in [-0.39, 0.29) is 30.5 Å². The van der Waals surface area contributed by atoms with Crippen LogP contribution in [0.4, 0.5) is 0 Å². The number of carbonyl (C=O) groups is 4. The van der Waals surface area contributed by atoms with Crippen molar-refractivity contribution in [3.63, 3.8) is 0 Å². The minimum absolute atomic E-state index is 0.237. The van der Waals surface area contributed by atoms with E-state index in [0.717, 1.165) is 32.5 Å². The number of ether oxygens (including phenoxy) is 4. The van der Waals surface area contributed by atoms with Crippen molar-refractivity contribution in [2.75, 3.05) is 46.6 Å². The summed E-state index contributed by atoms with van der Waals surface area (Å²) in [6.45, 7) is 34.4. The van der Waals surface area contributed by atoms with Crippen LogP contribution in [0.25, 0.3) is 0 Å². The van der Waals surface area contributed by atoms with Gasteiger partial charge in [-0.3, -0.25) is 0 Å². The average molecular weight is 596 g/mol. The van der Waals surface area contributed by atoms with Gasteiger partial charge in [0.2, 0.25) is 0 Å². The number of rotatable bonds is 17. The van der Waals surface area contributed by atoms with Crippen LogP contribution in [0.15, 0.2) is 61.3 Å². The van der Waals surface area contributed by atoms with Crippen LogP contribution >= 0.6 is 0 Å². The predicted molar refractivity (Wildman–Crippen MR) is 171 cm³/mol. The van der Waals surface area contributed by atoms with Gasteiger partial charge < -0.3 is 23.8 Å². The second-order valence-electron chi connectivity index (χ2n) is 9.04. The van der Waals surface area contributed by atoms with Crippen LogP contribution in [-0.4, -0.2) is 75.3 Å². The largest absolute Gasteiger partial charge is 0.466 e. The maximum absolute atomic E-state index is 11.1. The first-order valence-electron chi connectivity index (χ1n) is 14.3. The Morgan fingerprint density at radius 3 is 1.50 bits per heavy atom. The zero-order chi connectivity index (χ0) is 33.5. The minimum atomic E-state index is -0.366. The van der Waals surface area contributed by atoms with Gasteiger partial charge in [-0.25, -0.2) is 19.2 Å². The molecule has 0 radical (unpaired) electrons. The van der Waals surface area contributed by atoms with E-state index in [1.54, 1.807) is 20.8 Å². The van der Waals surface area contributed by atoms with Crippen molar-refractivity contribution in [1.29, 1.82) is 0 Å². The molecule has 0 aliphatic carbocycles. The third-order valence-corrected chi connectivity index (χ3v) is 5.04. The summed E-state index contributed by atoms with van der Waals surface area (Å²) in [5.74, 6) is -1.25. The monoisotopic (exact) mass is 595 g/mol. The lowest BCUT2D eigenvalue weighted by molar-refractivity contribution is -0.140. The maximum atomic E-state index is 11.1. The molecule has 0 aromatic rings. The Balaban J connectivity index is -0.000000236. The molecule has 9 heteroatoms. The van der Waals surface area contributed by atoms with Gasteiger partial charge in [0.1, 0.15) is 13.2 Å². The lowest BCUT2D eigenvalue weighted by Gasteiger charge is -2.17. The SMILES string of the molecule is C=C(C)C(=O)OC.C=C(C)C(=O)OCCN(CC)CC.C=C(CC)C(=O)OCCCCCC.C=CCOC(=O)C(=C)C. The molecule has 0 saturated heterocycles. The van der Waals surface area contributed by atoms with Gasteiger partial charge in [0.25, 0.3) is 0 Å². The fourth-order valence-electron chi connectivity index (χ4n) is 2.30. The molecule has 0 amide bonds. The number of hydrogen-bond acceptors (Lipinski definition) is 9. The Labute approximate surface area is 255 Å². The van der Waals surface area contributed by atoms with Gasteiger partial charge in [-0.2, -0.15) is 0 Å². The molecule has 0 saturated carbocycles. The molecule has 0 aromatic heterocycles. The molecule has 0 heterocycles. The van der Waals surface area contributed by atoms with Crippen LogP contribution in [0.1, 0.15) is 80.6 Å². The Kier molecular flexibility index (Phi) is 34.8. The number of carbonyl (C=O) groups excluding carboxylic acids is 4. The summed E-state index contributed by atoms with van der Waals surface area (Å²) < 4.78 is 18.8. The van der Waals surface area contributed by atoms with Crippen LogP contribution in [0, 0.1) is 0 Å². The smallest absolute Gasteiger partial charge is 0.333 e. The normalized spacial score (nSPS) is 9.17. The van der Waals surface area contributed by atoms with E-state index >= 15 is 0 Å². The standard InChI is InChI=1S/C11H20O2.C10H19NO2.C7H10O2.C5H8O2/c1-4-6-7-8-9-13-11(12)10(3)5-2;1-5-11(6-2)7-8-13-10(12)9(3)4;1-4-5-9-7(8)6(2)3;1-4(2)5(6)7-3/h3-9H2,1-2H3;3,5-8H2,1-2,4H3;4H,1-2,5H2,3H3;1H2,2-3H3. The minimum Gasteiger partial charge on any atom is -0.466 e. The molecule has 0 aliphatic heterocycles. The molecule has 0 spiro atoms. The quantitative estimate of drug-likeness (QED) is 0.0608. The molecule has 0 N–H and O–H groups in total. The summed E-state index contributed by atoms with van der Waals surface area (Å²) in [7, 11) is 1.33. The molecular formula is C33H57NO8. The molecule has 9 nitrogen and oxygen atoms in total. The second kappa shape index (κ2) is 32.1. The van der Waals surface area contributed by atoms with Crippen molar-refractivity contribution in [3.8, 4) is 0 Å². The maximum Gasteiger partial charge on any atom is 0.333 e. The van der Waals surface area contributed by atoms with Crippen LogP contribution < -0.4 is 0 Å². The third kappa shape index (κ3) is 32.8. The number of unbranched alkanes of at least 4 members (excludes halogenated alkanes) is 3. The Hall–Kier alpha value is -3.46. The topological polar surface area (TPSA) is 108 Å². The van der Waals surface area contributed by atoms with E-state index in [0.29, 0.717) is 41.9 Å². The van der Waals surface area contributed by atoms with Crippen molar-refractivity contribution < 1.29 is 38.1 Å².